The van der Waals surface area contributed by atoms with Crippen molar-refractivity contribution in [3.05, 3.63) is 70.3 Å². The Morgan fingerprint density at radius 1 is 1.31 bits per heavy atom. The summed E-state index contributed by atoms with van der Waals surface area (Å²) in [6.07, 6.45) is 0. The van der Waals surface area contributed by atoms with Gasteiger partial charge in [0.1, 0.15) is 11.9 Å². The molecule has 1 heterocycles. The number of hydrogen-bond donors (Lipinski definition) is 1. The number of likely N-dealkylation sites (N-methyl/N-ethyl adjacent to an activating group) is 1. The van der Waals surface area contributed by atoms with Gasteiger partial charge < -0.3 is 10.3 Å². The third-order valence-electron chi connectivity index (χ3n) is 3.81. The number of nitrogens with two attached hydrogens (primary N) is 1. The second-order valence-electron chi connectivity index (χ2n) is 5.80. The summed E-state index contributed by atoms with van der Waals surface area (Å²) in [5, 5.41) is 3.96. The normalized spacial score (nSPS) is 12.3. The van der Waals surface area contributed by atoms with Crippen molar-refractivity contribution in [1.29, 1.82) is 0 Å². The molecule has 1 aromatic heterocycles. The second kappa shape index (κ2) is 7.76. The van der Waals surface area contributed by atoms with Gasteiger partial charge in [-0.3, -0.25) is 9.69 Å². The van der Waals surface area contributed by atoms with Gasteiger partial charge in [0.05, 0.1) is 6.54 Å². The molecule has 1 unspecified atom stereocenters. The number of amides is 1. The maximum Gasteiger partial charge on any atom is 0.241 e. The lowest BCUT2D eigenvalue weighted by molar-refractivity contribution is -0.123. The van der Waals surface area contributed by atoms with Gasteiger partial charge in [-0.1, -0.05) is 45.4 Å². The summed E-state index contributed by atoms with van der Waals surface area (Å²) in [7, 11) is 1.68. The Balaban J connectivity index is 1.80. The first-order valence-corrected chi connectivity index (χ1v) is 8.57. The van der Waals surface area contributed by atoms with Crippen LogP contribution in [0.3, 0.4) is 0 Å². The molecule has 8 heteroatoms. The van der Waals surface area contributed by atoms with Gasteiger partial charge in [0, 0.05) is 10.0 Å². The van der Waals surface area contributed by atoms with Crippen LogP contribution >= 0.6 is 15.9 Å². The predicted molar refractivity (Wildman–Crippen MR) is 97.2 cm³/mol. The molecular weight excluding hydrogens is 403 g/mol. The first-order valence-electron chi connectivity index (χ1n) is 7.77. The molecule has 0 spiro atoms. The summed E-state index contributed by atoms with van der Waals surface area (Å²) in [5.41, 5.74) is 6.78. The van der Waals surface area contributed by atoms with E-state index in [9.17, 15) is 9.18 Å². The zero-order valence-corrected chi connectivity index (χ0v) is 15.5. The van der Waals surface area contributed by atoms with Gasteiger partial charge in [-0.15, -0.1) is 0 Å². The SMILES string of the molecule is CN(Cc1nc(-c2cccc(Br)c2)no1)C(C(N)=O)c1cccc(F)c1. The fourth-order valence-electron chi connectivity index (χ4n) is 2.68. The van der Waals surface area contributed by atoms with Crippen LogP contribution in [0.4, 0.5) is 4.39 Å². The molecule has 134 valence electrons. The van der Waals surface area contributed by atoms with E-state index in [0.717, 1.165) is 10.0 Å². The van der Waals surface area contributed by atoms with E-state index >= 15 is 0 Å². The Morgan fingerprint density at radius 3 is 2.77 bits per heavy atom. The Hall–Kier alpha value is -2.58. The number of hydrogen-bond acceptors (Lipinski definition) is 5. The molecule has 0 aliphatic heterocycles. The average molecular weight is 419 g/mol. The van der Waals surface area contributed by atoms with Crippen molar-refractivity contribution < 1.29 is 13.7 Å². The van der Waals surface area contributed by atoms with E-state index in [1.54, 1.807) is 18.0 Å². The number of primary amides is 1. The summed E-state index contributed by atoms with van der Waals surface area (Å²) in [5.74, 6) is -0.261. The lowest BCUT2D eigenvalue weighted by atomic mass is 10.0. The lowest BCUT2D eigenvalue weighted by Gasteiger charge is -2.24. The third kappa shape index (κ3) is 4.14. The van der Waals surface area contributed by atoms with Gasteiger partial charge in [0.25, 0.3) is 0 Å². The van der Waals surface area contributed by atoms with E-state index in [1.165, 1.54) is 18.2 Å². The molecule has 3 rings (SSSR count). The molecule has 26 heavy (non-hydrogen) atoms. The van der Waals surface area contributed by atoms with Crippen LogP contribution in [0.5, 0.6) is 0 Å². The molecule has 6 nitrogen and oxygen atoms in total. The van der Waals surface area contributed by atoms with Crippen molar-refractivity contribution in [2.24, 2.45) is 5.73 Å². The molecule has 1 amide bonds. The highest BCUT2D eigenvalue weighted by atomic mass is 79.9. The van der Waals surface area contributed by atoms with Crippen molar-refractivity contribution in [1.82, 2.24) is 15.0 Å². The summed E-state index contributed by atoms with van der Waals surface area (Å²) in [6, 6.07) is 12.5. The number of nitrogens with zero attached hydrogens (tertiary/aromatic N) is 3. The van der Waals surface area contributed by atoms with Crippen LogP contribution in [0.2, 0.25) is 0 Å². The van der Waals surface area contributed by atoms with E-state index in [0.29, 0.717) is 17.3 Å². The van der Waals surface area contributed by atoms with Gasteiger partial charge in [0.2, 0.25) is 17.6 Å². The standard InChI is InChI=1S/C18H16BrFN4O2/c1-24(16(17(21)25)11-4-3-7-14(20)9-11)10-15-22-18(23-26-15)12-5-2-6-13(19)8-12/h2-9,16H,10H2,1H3,(H2,21,25). The molecule has 3 aromatic rings. The lowest BCUT2D eigenvalue weighted by Crippen LogP contribution is -2.35. The Labute approximate surface area is 157 Å². The first kappa shape index (κ1) is 18.2. The van der Waals surface area contributed by atoms with Gasteiger partial charge in [-0.05, 0) is 36.9 Å². The Kier molecular flexibility index (Phi) is 5.43. The summed E-state index contributed by atoms with van der Waals surface area (Å²) >= 11 is 3.40. The summed E-state index contributed by atoms with van der Waals surface area (Å²) < 4.78 is 19.7. The topological polar surface area (TPSA) is 85.2 Å². The molecule has 0 radical (unpaired) electrons. The molecule has 0 fully saturated rings. The van der Waals surface area contributed by atoms with Crippen molar-refractivity contribution in [2.75, 3.05) is 7.05 Å². The summed E-state index contributed by atoms with van der Waals surface area (Å²) in [6.45, 7) is 0.186. The molecule has 0 aliphatic rings. The fourth-order valence-corrected chi connectivity index (χ4v) is 3.08. The van der Waals surface area contributed by atoms with Crippen LogP contribution in [0.25, 0.3) is 11.4 Å². The molecule has 2 aromatic carbocycles. The molecule has 0 saturated carbocycles. The maximum absolute atomic E-state index is 13.5. The summed E-state index contributed by atoms with van der Waals surface area (Å²) in [4.78, 5) is 17.9. The van der Waals surface area contributed by atoms with E-state index in [-0.39, 0.29) is 6.54 Å². The van der Waals surface area contributed by atoms with Crippen molar-refractivity contribution in [3.63, 3.8) is 0 Å². The molecule has 0 saturated heterocycles. The largest absolute Gasteiger partial charge is 0.368 e. The number of benzene rings is 2. The van der Waals surface area contributed by atoms with Crippen LogP contribution in [0.1, 0.15) is 17.5 Å². The number of halogens is 2. The Bertz CT molecular complexity index is 931. The van der Waals surface area contributed by atoms with E-state index < -0.39 is 17.8 Å². The smallest absolute Gasteiger partial charge is 0.241 e. The van der Waals surface area contributed by atoms with Crippen LogP contribution in [0.15, 0.2) is 57.5 Å². The van der Waals surface area contributed by atoms with E-state index in [2.05, 4.69) is 26.1 Å². The van der Waals surface area contributed by atoms with Gasteiger partial charge in [0.15, 0.2) is 0 Å². The highest BCUT2D eigenvalue weighted by Crippen LogP contribution is 2.23. The highest BCUT2D eigenvalue weighted by molar-refractivity contribution is 9.10. The minimum absolute atomic E-state index is 0.186. The van der Waals surface area contributed by atoms with E-state index in [4.69, 9.17) is 10.3 Å². The van der Waals surface area contributed by atoms with Crippen LogP contribution in [-0.4, -0.2) is 28.0 Å². The first-order chi connectivity index (χ1) is 12.4. The van der Waals surface area contributed by atoms with Crippen molar-refractivity contribution in [2.45, 2.75) is 12.6 Å². The number of aromatic nitrogens is 2. The fraction of sp³-hybridized carbons (Fsp3) is 0.167. The minimum Gasteiger partial charge on any atom is -0.368 e. The molecule has 1 atom stereocenters. The van der Waals surface area contributed by atoms with Crippen LogP contribution in [0, 0.1) is 5.82 Å². The second-order valence-corrected chi connectivity index (χ2v) is 6.71. The van der Waals surface area contributed by atoms with Gasteiger partial charge >= 0.3 is 0 Å². The van der Waals surface area contributed by atoms with Crippen LogP contribution < -0.4 is 5.73 Å². The predicted octanol–water partition coefficient (Wildman–Crippen LogP) is 3.30. The van der Waals surface area contributed by atoms with Crippen molar-refractivity contribution >= 4 is 21.8 Å². The number of carbonyl (C=O) groups is 1. The number of carbonyl (C=O) groups excluding carboxylic acids is 1. The van der Waals surface area contributed by atoms with Gasteiger partial charge in [-0.2, -0.15) is 4.98 Å². The molecule has 0 bridgehead atoms. The maximum atomic E-state index is 13.5. The zero-order chi connectivity index (χ0) is 18.7. The van der Waals surface area contributed by atoms with Crippen molar-refractivity contribution in [3.8, 4) is 11.4 Å². The highest BCUT2D eigenvalue weighted by Gasteiger charge is 2.25. The molecule has 2 N–H and O–H groups in total. The van der Waals surface area contributed by atoms with E-state index in [1.807, 2.05) is 24.3 Å². The van der Waals surface area contributed by atoms with Crippen LogP contribution in [-0.2, 0) is 11.3 Å². The Morgan fingerprint density at radius 2 is 2.08 bits per heavy atom. The monoisotopic (exact) mass is 418 g/mol. The van der Waals surface area contributed by atoms with Gasteiger partial charge in [-0.25, -0.2) is 4.39 Å². The molecule has 0 aliphatic carbocycles. The zero-order valence-electron chi connectivity index (χ0n) is 13.9. The number of rotatable bonds is 6. The quantitative estimate of drug-likeness (QED) is 0.663. The minimum atomic E-state index is -0.813. The third-order valence-corrected chi connectivity index (χ3v) is 4.30. The molecular formula is C18H16BrFN4O2. The average Bonchev–Trinajstić information content (AvgIpc) is 3.03.